The SMILES string of the molecule is CCNCC(CCCc1ccccc1)C1CCCC1. The summed E-state index contributed by atoms with van der Waals surface area (Å²) in [6.45, 7) is 4.56. The molecular formula is C18H29N. The molecule has 1 heteroatoms. The standard InChI is InChI=1S/C18H29N/c1-2-19-15-18(17-12-6-7-13-17)14-8-11-16-9-4-3-5-10-16/h3-5,9-10,17-19H,2,6-8,11-15H2,1H3. The van der Waals surface area contributed by atoms with E-state index in [0.717, 1.165) is 18.4 Å². The number of nitrogens with one attached hydrogen (secondary N) is 1. The normalized spacial score (nSPS) is 17.7. The van der Waals surface area contributed by atoms with E-state index in [1.54, 1.807) is 0 Å². The van der Waals surface area contributed by atoms with E-state index in [2.05, 4.69) is 42.6 Å². The lowest BCUT2D eigenvalue weighted by atomic mass is 9.86. The molecule has 1 saturated carbocycles. The highest BCUT2D eigenvalue weighted by Gasteiger charge is 2.24. The van der Waals surface area contributed by atoms with Gasteiger partial charge in [-0.1, -0.05) is 62.9 Å². The smallest absolute Gasteiger partial charge is 0.00180 e. The van der Waals surface area contributed by atoms with Gasteiger partial charge in [0.25, 0.3) is 0 Å². The fourth-order valence-electron chi connectivity index (χ4n) is 3.48. The number of benzene rings is 1. The van der Waals surface area contributed by atoms with E-state index in [4.69, 9.17) is 0 Å². The largest absolute Gasteiger partial charge is 0.317 e. The fraction of sp³-hybridized carbons (Fsp3) is 0.667. The van der Waals surface area contributed by atoms with Crippen LogP contribution in [-0.2, 0) is 6.42 Å². The first-order valence-electron chi connectivity index (χ1n) is 8.14. The summed E-state index contributed by atoms with van der Waals surface area (Å²) < 4.78 is 0. The highest BCUT2D eigenvalue weighted by molar-refractivity contribution is 5.14. The minimum atomic E-state index is 0.908. The van der Waals surface area contributed by atoms with Crippen molar-refractivity contribution in [3.63, 3.8) is 0 Å². The van der Waals surface area contributed by atoms with Crippen molar-refractivity contribution < 1.29 is 0 Å². The molecule has 1 aromatic rings. The summed E-state index contributed by atoms with van der Waals surface area (Å²) in [5.41, 5.74) is 1.50. The van der Waals surface area contributed by atoms with Crippen molar-refractivity contribution in [2.75, 3.05) is 13.1 Å². The zero-order valence-electron chi connectivity index (χ0n) is 12.4. The van der Waals surface area contributed by atoms with Crippen LogP contribution in [0.4, 0.5) is 0 Å². The molecule has 1 unspecified atom stereocenters. The maximum absolute atomic E-state index is 3.57. The van der Waals surface area contributed by atoms with Gasteiger partial charge in [-0.2, -0.15) is 0 Å². The van der Waals surface area contributed by atoms with Gasteiger partial charge in [0.15, 0.2) is 0 Å². The van der Waals surface area contributed by atoms with Crippen LogP contribution in [0, 0.1) is 11.8 Å². The van der Waals surface area contributed by atoms with Crippen LogP contribution >= 0.6 is 0 Å². The highest BCUT2D eigenvalue weighted by Crippen LogP contribution is 2.33. The van der Waals surface area contributed by atoms with Gasteiger partial charge in [0, 0.05) is 0 Å². The van der Waals surface area contributed by atoms with Crippen molar-refractivity contribution in [1.82, 2.24) is 5.32 Å². The second-order valence-electron chi connectivity index (χ2n) is 5.99. The van der Waals surface area contributed by atoms with Gasteiger partial charge in [0.2, 0.25) is 0 Å². The van der Waals surface area contributed by atoms with E-state index in [-0.39, 0.29) is 0 Å². The monoisotopic (exact) mass is 259 g/mol. The number of aryl methyl sites for hydroxylation is 1. The lowest BCUT2D eigenvalue weighted by Crippen LogP contribution is -2.27. The van der Waals surface area contributed by atoms with Gasteiger partial charge in [-0.15, -0.1) is 0 Å². The Hall–Kier alpha value is -0.820. The molecule has 1 nitrogen and oxygen atoms in total. The summed E-state index contributed by atoms with van der Waals surface area (Å²) in [6, 6.07) is 10.9. The first-order chi connectivity index (χ1) is 9.40. The summed E-state index contributed by atoms with van der Waals surface area (Å²) >= 11 is 0. The first kappa shape index (κ1) is 14.6. The maximum atomic E-state index is 3.57. The van der Waals surface area contributed by atoms with Crippen LogP contribution in [0.15, 0.2) is 30.3 Å². The summed E-state index contributed by atoms with van der Waals surface area (Å²) in [6.07, 6.45) is 9.86. The molecule has 1 atom stereocenters. The van der Waals surface area contributed by atoms with Gasteiger partial charge < -0.3 is 5.32 Å². The van der Waals surface area contributed by atoms with Gasteiger partial charge in [-0.25, -0.2) is 0 Å². The second-order valence-corrected chi connectivity index (χ2v) is 5.99. The average Bonchev–Trinajstić information content (AvgIpc) is 2.98. The van der Waals surface area contributed by atoms with Crippen LogP contribution < -0.4 is 5.32 Å². The Labute approximate surface area is 118 Å². The van der Waals surface area contributed by atoms with Crippen LogP contribution in [-0.4, -0.2) is 13.1 Å². The Kier molecular flexibility index (Phi) is 6.43. The minimum absolute atomic E-state index is 0.908. The van der Waals surface area contributed by atoms with Crippen molar-refractivity contribution in [2.45, 2.75) is 51.9 Å². The van der Waals surface area contributed by atoms with Crippen LogP contribution in [0.1, 0.15) is 51.0 Å². The van der Waals surface area contributed by atoms with E-state index in [1.165, 1.54) is 57.1 Å². The summed E-state index contributed by atoms with van der Waals surface area (Å²) in [5, 5.41) is 3.57. The van der Waals surface area contributed by atoms with Crippen LogP contribution in [0.3, 0.4) is 0 Å². The fourth-order valence-corrected chi connectivity index (χ4v) is 3.48. The van der Waals surface area contributed by atoms with E-state index >= 15 is 0 Å². The molecule has 0 spiro atoms. The molecule has 0 aliphatic heterocycles. The molecule has 19 heavy (non-hydrogen) atoms. The molecule has 0 amide bonds. The van der Waals surface area contributed by atoms with Gasteiger partial charge in [-0.05, 0) is 49.8 Å². The third kappa shape index (κ3) is 4.99. The third-order valence-corrected chi connectivity index (χ3v) is 4.61. The van der Waals surface area contributed by atoms with Crippen LogP contribution in [0.25, 0.3) is 0 Å². The lowest BCUT2D eigenvalue weighted by Gasteiger charge is -2.23. The zero-order chi connectivity index (χ0) is 13.3. The Morgan fingerprint density at radius 1 is 1.16 bits per heavy atom. The van der Waals surface area contributed by atoms with E-state index < -0.39 is 0 Å². The summed E-state index contributed by atoms with van der Waals surface area (Å²) in [7, 11) is 0. The molecular weight excluding hydrogens is 230 g/mol. The van der Waals surface area contributed by atoms with Crippen molar-refractivity contribution in [3.8, 4) is 0 Å². The Morgan fingerprint density at radius 3 is 2.58 bits per heavy atom. The quantitative estimate of drug-likeness (QED) is 0.728. The molecule has 0 heterocycles. The molecule has 1 N–H and O–H groups in total. The lowest BCUT2D eigenvalue weighted by molar-refractivity contribution is 0.300. The Morgan fingerprint density at radius 2 is 1.89 bits per heavy atom. The third-order valence-electron chi connectivity index (χ3n) is 4.61. The molecule has 0 saturated heterocycles. The summed E-state index contributed by atoms with van der Waals surface area (Å²) in [5.74, 6) is 1.90. The van der Waals surface area contributed by atoms with Crippen molar-refractivity contribution >= 4 is 0 Å². The van der Waals surface area contributed by atoms with Crippen molar-refractivity contribution in [3.05, 3.63) is 35.9 Å². The van der Waals surface area contributed by atoms with Crippen molar-refractivity contribution in [1.29, 1.82) is 0 Å². The Bertz CT molecular complexity index is 327. The zero-order valence-corrected chi connectivity index (χ0v) is 12.4. The predicted molar refractivity (Wildman–Crippen MR) is 83.4 cm³/mol. The van der Waals surface area contributed by atoms with Gasteiger partial charge in [0.1, 0.15) is 0 Å². The molecule has 106 valence electrons. The van der Waals surface area contributed by atoms with E-state index in [0.29, 0.717) is 0 Å². The number of rotatable bonds is 8. The minimum Gasteiger partial charge on any atom is -0.317 e. The number of hydrogen-bond donors (Lipinski definition) is 1. The maximum Gasteiger partial charge on any atom is -0.00180 e. The van der Waals surface area contributed by atoms with E-state index in [1.807, 2.05) is 0 Å². The number of hydrogen-bond acceptors (Lipinski definition) is 1. The van der Waals surface area contributed by atoms with Gasteiger partial charge in [-0.3, -0.25) is 0 Å². The molecule has 1 aliphatic carbocycles. The van der Waals surface area contributed by atoms with Crippen molar-refractivity contribution in [2.24, 2.45) is 11.8 Å². The topological polar surface area (TPSA) is 12.0 Å². The second kappa shape index (κ2) is 8.37. The van der Waals surface area contributed by atoms with Crippen LogP contribution in [0.5, 0.6) is 0 Å². The highest BCUT2D eigenvalue weighted by atomic mass is 14.8. The molecule has 1 aliphatic rings. The average molecular weight is 259 g/mol. The molecule has 1 aromatic carbocycles. The van der Waals surface area contributed by atoms with Crippen LogP contribution in [0.2, 0.25) is 0 Å². The molecule has 2 rings (SSSR count). The summed E-state index contributed by atoms with van der Waals surface area (Å²) in [4.78, 5) is 0. The molecule has 0 bridgehead atoms. The van der Waals surface area contributed by atoms with E-state index in [9.17, 15) is 0 Å². The van der Waals surface area contributed by atoms with Gasteiger partial charge >= 0.3 is 0 Å². The Balaban J connectivity index is 1.75. The van der Waals surface area contributed by atoms with Gasteiger partial charge in [0.05, 0.1) is 0 Å². The molecule has 0 aromatic heterocycles. The first-order valence-corrected chi connectivity index (χ1v) is 8.14. The molecule has 0 radical (unpaired) electrons. The molecule has 1 fully saturated rings. The predicted octanol–water partition coefficient (Wildman–Crippen LogP) is 4.43.